The standard InChI is InChI=1S/C17H18N2O3S/c1-11-6-8-13(9-7-11)16(20)17(3)18(21)12(2)15(19(17)22)14-5-4-10-23-14/h4-10,12,21H,1-3H3/t12-,17+/m1/s1. The van der Waals surface area contributed by atoms with Crippen molar-refractivity contribution in [3.63, 3.8) is 0 Å². The Morgan fingerprint density at radius 1 is 1.35 bits per heavy atom. The highest BCUT2D eigenvalue weighted by molar-refractivity contribution is 7.12. The first-order valence-corrected chi connectivity index (χ1v) is 8.23. The molecule has 23 heavy (non-hydrogen) atoms. The number of hydroxylamine groups is 3. The molecule has 2 aromatic rings. The van der Waals surface area contributed by atoms with Crippen molar-refractivity contribution < 1.29 is 14.7 Å². The van der Waals surface area contributed by atoms with Gasteiger partial charge in [0.15, 0.2) is 0 Å². The fourth-order valence-corrected chi connectivity index (χ4v) is 3.73. The summed E-state index contributed by atoms with van der Waals surface area (Å²) in [6.45, 7) is 5.10. The van der Waals surface area contributed by atoms with Crippen LogP contribution in [0.4, 0.5) is 0 Å². The molecule has 1 aliphatic rings. The lowest BCUT2D eigenvalue weighted by molar-refractivity contribution is -0.561. The SMILES string of the molecule is Cc1ccc(C(=O)[C@@]2(C)N(O)[C@H](C)C(c3cccs3)=[N+]2[O-])cc1. The average molecular weight is 330 g/mol. The molecule has 0 spiro atoms. The Balaban J connectivity index is 2.09. The highest BCUT2D eigenvalue weighted by Gasteiger charge is 2.58. The fraction of sp³-hybridized carbons (Fsp3) is 0.294. The van der Waals surface area contributed by atoms with Gasteiger partial charge in [-0.2, -0.15) is 4.74 Å². The first kappa shape index (κ1) is 15.9. The Morgan fingerprint density at radius 3 is 2.57 bits per heavy atom. The maximum Gasteiger partial charge on any atom is 0.312 e. The van der Waals surface area contributed by atoms with Crippen molar-refractivity contribution in [2.75, 3.05) is 0 Å². The first-order valence-electron chi connectivity index (χ1n) is 7.35. The van der Waals surface area contributed by atoms with Crippen LogP contribution in [0.15, 0.2) is 41.8 Å². The van der Waals surface area contributed by atoms with Crippen LogP contribution in [0.25, 0.3) is 0 Å². The number of benzene rings is 1. The molecule has 1 aliphatic heterocycles. The maximum absolute atomic E-state index is 12.9. The van der Waals surface area contributed by atoms with Gasteiger partial charge in [0.1, 0.15) is 6.04 Å². The van der Waals surface area contributed by atoms with E-state index in [0.717, 1.165) is 15.5 Å². The Kier molecular flexibility index (Phi) is 3.83. The fourth-order valence-electron chi connectivity index (χ4n) is 2.90. The zero-order valence-electron chi connectivity index (χ0n) is 13.2. The van der Waals surface area contributed by atoms with Gasteiger partial charge >= 0.3 is 5.66 Å². The highest BCUT2D eigenvalue weighted by atomic mass is 32.1. The molecule has 0 saturated heterocycles. The third-order valence-corrected chi connectivity index (χ3v) is 5.23. The third-order valence-electron chi connectivity index (χ3n) is 4.34. The number of nitrogens with zero attached hydrogens (tertiary/aromatic N) is 2. The van der Waals surface area contributed by atoms with Crippen LogP contribution in [0.1, 0.15) is 34.6 Å². The second kappa shape index (κ2) is 5.56. The molecule has 3 rings (SSSR count). The summed E-state index contributed by atoms with van der Waals surface area (Å²) in [5, 5.41) is 26.1. The van der Waals surface area contributed by atoms with E-state index in [1.165, 1.54) is 18.3 Å². The van der Waals surface area contributed by atoms with Gasteiger partial charge in [0.2, 0.25) is 5.71 Å². The molecule has 1 N–H and O–H groups in total. The summed E-state index contributed by atoms with van der Waals surface area (Å²) in [5.74, 6) is -0.423. The second-order valence-corrected chi connectivity index (χ2v) is 6.84. The summed E-state index contributed by atoms with van der Waals surface area (Å²) in [4.78, 5) is 13.7. The number of Topliss-reactive ketones (excluding diaryl/α,β-unsaturated/α-hetero) is 1. The summed E-state index contributed by atoms with van der Waals surface area (Å²) in [6.07, 6.45) is 0. The van der Waals surface area contributed by atoms with Crippen LogP contribution >= 0.6 is 11.3 Å². The maximum atomic E-state index is 12.9. The molecule has 0 amide bonds. The van der Waals surface area contributed by atoms with Gasteiger partial charge in [0, 0.05) is 12.5 Å². The average Bonchev–Trinajstić information content (AvgIpc) is 3.12. The molecule has 0 unspecified atom stereocenters. The number of carbonyl (C=O) groups excluding carboxylic acids is 1. The first-order chi connectivity index (χ1) is 10.9. The smallest absolute Gasteiger partial charge is 0.312 e. The summed E-state index contributed by atoms with van der Waals surface area (Å²) in [5.41, 5.74) is 0.161. The highest BCUT2D eigenvalue weighted by Crippen LogP contribution is 2.32. The van der Waals surface area contributed by atoms with Crippen molar-refractivity contribution in [2.45, 2.75) is 32.5 Å². The Labute approximate surface area is 138 Å². The lowest BCUT2D eigenvalue weighted by atomic mass is 9.99. The molecule has 0 radical (unpaired) electrons. The number of hydrogen-bond acceptors (Lipinski definition) is 5. The predicted octanol–water partition coefficient (Wildman–Crippen LogP) is 3.05. The third kappa shape index (κ3) is 2.30. The second-order valence-electron chi connectivity index (χ2n) is 5.89. The number of aryl methyl sites for hydroxylation is 1. The monoisotopic (exact) mass is 330 g/mol. The number of hydrogen-bond donors (Lipinski definition) is 1. The van der Waals surface area contributed by atoms with Crippen molar-refractivity contribution in [1.82, 2.24) is 5.06 Å². The van der Waals surface area contributed by atoms with Crippen molar-refractivity contribution in [1.29, 1.82) is 0 Å². The van der Waals surface area contributed by atoms with Gasteiger partial charge < -0.3 is 10.4 Å². The van der Waals surface area contributed by atoms with Gasteiger partial charge in [-0.05, 0) is 25.3 Å². The van der Waals surface area contributed by atoms with Crippen LogP contribution in [0.5, 0.6) is 0 Å². The van der Waals surface area contributed by atoms with Crippen LogP contribution in [0.3, 0.4) is 0 Å². The summed E-state index contributed by atoms with van der Waals surface area (Å²) in [6, 6.07) is 10.1. The quantitative estimate of drug-likeness (QED) is 0.534. The summed E-state index contributed by atoms with van der Waals surface area (Å²) in [7, 11) is 0. The van der Waals surface area contributed by atoms with Gasteiger partial charge in [-0.25, -0.2) is 0 Å². The molecule has 2 heterocycles. The molecule has 0 bridgehead atoms. The van der Waals surface area contributed by atoms with E-state index in [9.17, 15) is 15.2 Å². The van der Waals surface area contributed by atoms with Crippen LogP contribution in [0, 0.1) is 12.1 Å². The Hall–Kier alpha value is -2.02. The van der Waals surface area contributed by atoms with Crippen molar-refractivity contribution in [2.24, 2.45) is 0 Å². The topological polar surface area (TPSA) is 66.6 Å². The van der Waals surface area contributed by atoms with E-state index in [4.69, 9.17) is 0 Å². The Morgan fingerprint density at radius 2 is 2.00 bits per heavy atom. The number of thiophene rings is 1. The predicted molar refractivity (Wildman–Crippen MR) is 89.1 cm³/mol. The number of rotatable bonds is 3. The minimum absolute atomic E-state index is 0.401. The molecule has 2 atom stereocenters. The van der Waals surface area contributed by atoms with Gasteiger partial charge in [0.25, 0.3) is 5.78 Å². The minimum atomic E-state index is -1.67. The van der Waals surface area contributed by atoms with E-state index < -0.39 is 17.5 Å². The molecule has 1 aromatic carbocycles. The molecule has 1 aromatic heterocycles. The number of carbonyl (C=O) groups is 1. The van der Waals surface area contributed by atoms with E-state index in [1.54, 1.807) is 19.1 Å². The lowest BCUT2D eigenvalue weighted by Gasteiger charge is -2.27. The summed E-state index contributed by atoms with van der Waals surface area (Å²) >= 11 is 1.41. The largest absolute Gasteiger partial charge is 0.622 e. The molecule has 6 heteroatoms. The zero-order valence-corrected chi connectivity index (χ0v) is 14.0. The van der Waals surface area contributed by atoms with Crippen molar-refractivity contribution in [3.05, 3.63) is 63.0 Å². The van der Waals surface area contributed by atoms with E-state index in [0.29, 0.717) is 16.0 Å². The van der Waals surface area contributed by atoms with Crippen LogP contribution in [0.2, 0.25) is 0 Å². The number of ketones is 1. The molecular formula is C17H18N2O3S. The zero-order chi connectivity index (χ0) is 16.8. The van der Waals surface area contributed by atoms with Gasteiger partial charge in [-0.15, -0.1) is 16.4 Å². The van der Waals surface area contributed by atoms with Gasteiger partial charge in [-0.3, -0.25) is 4.79 Å². The van der Waals surface area contributed by atoms with Crippen LogP contribution in [-0.4, -0.2) is 38.2 Å². The Bertz CT molecular complexity index is 768. The van der Waals surface area contributed by atoms with E-state index in [1.807, 2.05) is 36.6 Å². The van der Waals surface area contributed by atoms with E-state index >= 15 is 0 Å². The van der Waals surface area contributed by atoms with Gasteiger partial charge in [0.05, 0.1) is 4.88 Å². The molecular weight excluding hydrogens is 312 g/mol. The molecule has 120 valence electrons. The molecule has 5 nitrogen and oxygen atoms in total. The van der Waals surface area contributed by atoms with E-state index in [-0.39, 0.29) is 0 Å². The summed E-state index contributed by atoms with van der Waals surface area (Å²) < 4.78 is 0.645. The van der Waals surface area contributed by atoms with Crippen LogP contribution in [-0.2, 0) is 0 Å². The van der Waals surface area contributed by atoms with Gasteiger partial charge in [-0.1, -0.05) is 35.9 Å². The molecule has 0 saturated carbocycles. The van der Waals surface area contributed by atoms with Crippen LogP contribution < -0.4 is 0 Å². The normalized spacial score (nSPS) is 25.1. The minimum Gasteiger partial charge on any atom is -0.622 e. The van der Waals surface area contributed by atoms with E-state index in [2.05, 4.69) is 0 Å². The molecule has 0 aliphatic carbocycles. The lowest BCUT2D eigenvalue weighted by Crippen LogP contribution is -2.54. The van der Waals surface area contributed by atoms with Crippen molar-refractivity contribution >= 4 is 22.8 Å². The van der Waals surface area contributed by atoms with Crippen molar-refractivity contribution in [3.8, 4) is 0 Å². The molecule has 0 fully saturated rings.